The summed E-state index contributed by atoms with van der Waals surface area (Å²) in [4.78, 5) is 2.38. The maximum Gasteiger partial charge on any atom is 0.126 e. The zero-order valence-corrected chi connectivity index (χ0v) is 10.2. The van der Waals surface area contributed by atoms with Crippen molar-refractivity contribution in [2.75, 3.05) is 20.1 Å². The SMILES string of the molecule is Cc1cc(CC2CCN(C)CC2)ccc1F. The van der Waals surface area contributed by atoms with Crippen molar-refractivity contribution in [3.05, 3.63) is 35.1 Å². The summed E-state index contributed by atoms with van der Waals surface area (Å²) in [6, 6.07) is 5.52. The predicted molar refractivity (Wildman–Crippen MR) is 65.1 cm³/mol. The van der Waals surface area contributed by atoms with Gasteiger partial charge < -0.3 is 4.90 Å². The van der Waals surface area contributed by atoms with E-state index in [1.807, 2.05) is 19.1 Å². The third-order valence-corrected chi connectivity index (χ3v) is 3.58. The zero-order chi connectivity index (χ0) is 11.5. The molecule has 0 bridgehead atoms. The molecule has 16 heavy (non-hydrogen) atoms. The molecule has 0 radical (unpaired) electrons. The molecule has 88 valence electrons. The van der Waals surface area contributed by atoms with Gasteiger partial charge in [0, 0.05) is 0 Å². The maximum atomic E-state index is 13.1. The number of likely N-dealkylation sites (tertiary alicyclic amines) is 1. The van der Waals surface area contributed by atoms with Crippen molar-refractivity contribution < 1.29 is 4.39 Å². The van der Waals surface area contributed by atoms with E-state index in [-0.39, 0.29) is 5.82 Å². The van der Waals surface area contributed by atoms with E-state index in [9.17, 15) is 4.39 Å². The summed E-state index contributed by atoms with van der Waals surface area (Å²) >= 11 is 0. The van der Waals surface area contributed by atoms with Gasteiger partial charge in [0.05, 0.1) is 0 Å². The maximum absolute atomic E-state index is 13.1. The Bertz CT molecular complexity index is 354. The quantitative estimate of drug-likeness (QED) is 0.742. The van der Waals surface area contributed by atoms with Crippen LogP contribution in [0.25, 0.3) is 0 Å². The number of halogens is 1. The van der Waals surface area contributed by atoms with Gasteiger partial charge in [0.1, 0.15) is 5.82 Å². The smallest absolute Gasteiger partial charge is 0.126 e. The first-order valence-corrected chi connectivity index (χ1v) is 6.08. The minimum Gasteiger partial charge on any atom is -0.306 e. The van der Waals surface area contributed by atoms with Gasteiger partial charge in [0.25, 0.3) is 0 Å². The van der Waals surface area contributed by atoms with Crippen molar-refractivity contribution in [2.45, 2.75) is 26.2 Å². The molecule has 1 aromatic carbocycles. The summed E-state index contributed by atoms with van der Waals surface area (Å²) in [5, 5.41) is 0. The van der Waals surface area contributed by atoms with Crippen LogP contribution in [-0.4, -0.2) is 25.0 Å². The first-order chi connectivity index (χ1) is 7.65. The minimum atomic E-state index is -0.0906. The standard InChI is InChI=1S/C14H20FN/c1-11-9-13(3-4-14(11)15)10-12-5-7-16(2)8-6-12/h3-4,9,12H,5-8,10H2,1-2H3. The molecule has 0 aliphatic carbocycles. The summed E-state index contributed by atoms with van der Waals surface area (Å²) in [5.74, 6) is 0.688. The molecule has 1 nitrogen and oxygen atoms in total. The summed E-state index contributed by atoms with van der Waals surface area (Å²) in [6.45, 7) is 4.24. The van der Waals surface area contributed by atoms with Crippen LogP contribution in [0, 0.1) is 18.7 Å². The van der Waals surface area contributed by atoms with Gasteiger partial charge in [0.15, 0.2) is 0 Å². The Balaban J connectivity index is 1.96. The lowest BCUT2D eigenvalue weighted by Crippen LogP contribution is -2.30. The highest BCUT2D eigenvalue weighted by molar-refractivity contribution is 5.24. The lowest BCUT2D eigenvalue weighted by atomic mass is 9.90. The van der Waals surface area contributed by atoms with Gasteiger partial charge >= 0.3 is 0 Å². The van der Waals surface area contributed by atoms with E-state index in [1.54, 1.807) is 6.07 Å². The normalized spacial score (nSPS) is 18.9. The molecule has 1 aliphatic heterocycles. The monoisotopic (exact) mass is 221 g/mol. The highest BCUT2D eigenvalue weighted by Gasteiger charge is 2.17. The van der Waals surface area contributed by atoms with Crippen molar-refractivity contribution in [3.8, 4) is 0 Å². The van der Waals surface area contributed by atoms with Crippen molar-refractivity contribution in [1.82, 2.24) is 4.90 Å². The number of aryl methyl sites for hydroxylation is 1. The average Bonchev–Trinajstić information content (AvgIpc) is 2.27. The molecule has 2 rings (SSSR count). The molecule has 0 atom stereocenters. The van der Waals surface area contributed by atoms with Gasteiger partial charge in [-0.15, -0.1) is 0 Å². The summed E-state index contributed by atoms with van der Waals surface area (Å²) in [5.41, 5.74) is 2.05. The molecule has 0 saturated carbocycles. The fraction of sp³-hybridized carbons (Fsp3) is 0.571. The van der Waals surface area contributed by atoms with Crippen molar-refractivity contribution in [3.63, 3.8) is 0 Å². The topological polar surface area (TPSA) is 3.24 Å². The highest BCUT2D eigenvalue weighted by atomic mass is 19.1. The van der Waals surface area contributed by atoms with Crippen LogP contribution in [0.15, 0.2) is 18.2 Å². The number of rotatable bonds is 2. The summed E-state index contributed by atoms with van der Waals surface area (Å²) < 4.78 is 13.1. The van der Waals surface area contributed by atoms with Crippen LogP contribution in [0.1, 0.15) is 24.0 Å². The molecule has 0 spiro atoms. The van der Waals surface area contributed by atoms with Crippen LogP contribution in [0.3, 0.4) is 0 Å². The van der Waals surface area contributed by atoms with Gasteiger partial charge in [-0.3, -0.25) is 0 Å². The van der Waals surface area contributed by atoms with Crippen LogP contribution in [0.4, 0.5) is 4.39 Å². The molecule has 0 N–H and O–H groups in total. The van der Waals surface area contributed by atoms with Gasteiger partial charge in [-0.2, -0.15) is 0 Å². The fourth-order valence-electron chi connectivity index (χ4n) is 2.43. The van der Waals surface area contributed by atoms with Crippen LogP contribution in [0.2, 0.25) is 0 Å². The second-order valence-electron chi connectivity index (χ2n) is 5.03. The highest BCUT2D eigenvalue weighted by Crippen LogP contribution is 2.21. The molecule has 1 heterocycles. The lowest BCUT2D eigenvalue weighted by Gasteiger charge is -2.29. The molecule has 1 fully saturated rings. The summed E-state index contributed by atoms with van der Waals surface area (Å²) in [6.07, 6.45) is 3.65. The number of hydrogen-bond donors (Lipinski definition) is 0. The van der Waals surface area contributed by atoms with E-state index in [1.165, 1.54) is 31.5 Å². The van der Waals surface area contributed by atoms with Gasteiger partial charge in [-0.1, -0.05) is 12.1 Å². The Morgan fingerprint density at radius 3 is 2.62 bits per heavy atom. The van der Waals surface area contributed by atoms with Crippen molar-refractivity contribution in [2.24, 2.45) is 5.92 Å². The Labute approximate surface area is 97.3 Å². The van der Waals surface area contributed by atoms with Gasteiger partial charge in [-0.25, -0.2) is 4.39 Å². The Morgan fingerprint density at radius 1 is 1.31 bits per heavy atom. The first kappa shape index (κ1) is 11.6. The first-order valence-electron chi connectivity index (χ1n) is 6.08. The van der Waals surface area contributed by atoms with Crippen LogP contribution >= 0.6 is 0 Å². The molecular formula is C14H20FN. The fourth-order valence-corrected chi connectivity index (χ4v) is 2.43. The Kier molecular flexibility index (Phi) is 3.59. The molecule has 0 amide bonds. The number of benzene rings is 1. The average molecular weight is 221 g/mol. The molecule has 0 aromatic heterocycles. The molecule has 1 aromatic rings. The van der Waals surface area contributed by atoms with Crippen molar-refractivity contribution >= 4 is 0 Å². The van der Waals surface area contributed by atoms with Crippen LogP contribution < -0.4 is 0 Å². The van der Waals surface area contributed by atoms with Gasteiger partial charge in [0.2, 0.25) is 0 Å². The molecule has 0 unspecified atom stereocenters. The molecule has 2 heteroatoms. The molecule has 1 saturated heterocycles. The van der Waals surface area contributed by atoms with E-state index in [2.05, 4.69) is 11.9 Å². The number of piperidine rings is 1. The van der Waals surface area contributed by atoms with Crippen LogP contribution in [-0.2, 0) is 6.42 Å². The summed E-state index contributed by atoms with van der Waals surface area (Å²) in [7, 11) is 2.18. The Hall–Kier alpha value is -0.890. The van der Waals surface area contributed by atoms with E-state index >= 15 is 0 Å². The lowest BCUT2D eigenvalue weighted by molar-refractivity contribution is 0.219. The van der Waals surface area contributed by atoms with E-state index < -0.39 is 0 Å². The molecular weight excluding hydrogens is 201 g/mol. The third-order valence-electron chi connectivity index (χ3n) is 3.58. The van der Waals surface area contributed by atoms with Crippen molar-refractivity contribution in [1.29, 1.82) is 0 Å². The Morgan fingerprint density at radius 2 is 2.00 bits per heavy atom. The molecule has 1 aliphatic rings. The number of hydrogen-bond acceptors (Lipinski definition) is 1. The largest absolute Gasteiger partial charge is 0.306 e. The van der Waals surface area contributed by atoms with E-state index in [0.717, 1.165) is 17.9 Å². The second-order valence-corrected chi connectivity index (χ2v) is 5.03. The van der Waals surface area contributed by atoms with E-state index in [0.29, 0.717) is 0 Å². The zero-order valence-electron chi connectivity index (χ0n) is 10.2. The predicted octanol–water partition coefficient (Wildman–Crippen LogP) is 3.02. The second kappa shape index (κ2) is 4.96. The third kappa shape index (κ3) is 2.82. The van der Waals surface area contributed by atoms with Gasteiger partial charge in [-0.05, 0) is 69.4 Å². The number of nitrogens with zero attached hydrogens (tertiary/aromatic N) is 1. The van der Waals surface area contributed by atoms with Crippen LogP contribution in [0.5, 0.6) is 0 Å². The minimum absolute atomic E-state index is 0.0906. The van der Waals surface area contributed by atoms with E-state index in [4.69, 9.17) is 0 Å².